The summed E-state index contributed by atoms with van der Waals surface area (Å²) in [7, 11) is -3.16. The van der Waals surface area contributed by atoms with Crippen molar-refractivity contribution in [2.45, 2.75) is 26.4 Å². The van der Waals surface area contributed by atoms with Gasteiger partial charge in [0.25, 0.3) is 0 Å². The topological polar surface area (TPSA) is 89.1 Å². The van der Waals surface area contributed by atoms with Crippen LogP contribution in [-0.2, 0) is 19.8 Å². The summed E-state index contributed by atoms with van der Waals surface area (Å²) in [6, 6.07) is 3.37. The lowest BCUT2D eigenvalue weighted by molar-refractivity contribution is -0.137. The number of aromatic amines is 1. The molecule has 12 heteroatoms. The lowest BCUT2D eigenvalue weighted by Gasteiger charge is -2.17. The number of alkyl halides is 3. The van der Waals surface area contributed by atoms with E-state index in [1.54, 1.807) is 13.8 Å². The number of nitrogens with zero attached hydrogens (tertiary/aromatic N) is 2. The lowest BCUT2D eigenvalue weighted by Crippen LogP contribution is -2.08. The number of H-pyrrole nitrogens is 1. The summed E-state index contributed by atoms with van der Waals surface area (Å²) < 4.78 is 62.2. The van der Waals surface area contributed by atoms with Crippen LogP contribution in [0.25, 0.3) is 21.9 Å². The number of anilines is 1. The minimum Gasteiger partial charge on any atom is -0.368 e. The highest BCUT2D eigenvalue weighted by molar-refractivity contribution is 7.53. The number of rotatable bonds is 9. The third-order valence-corrected chi connectivity index (χ3v) is 6.63. The molecule has 164 valence electrons. The number of hydrogen-bond donors (Lipinski definition) is 2. The number of benzene rings is 1. The van der Waals surface area contributed by atoms with E-state index in [1.165, 1.54) is 6.07 Å². The zero-order valence-corrected chi connectivity index (χ0v) is 18.0. The molecule has 7 nitrogen and oxygen atoms in total. The highest BCUT2D eigenvalue weighted by Crippen LogP contribution is 2.48. The van der Waals surface area contributed by atoms with Crippen molar-refractivity contribution in [3.05, 3.63) is 29.0 Å². The molecule has 3 aromatic rings. The predicted molar refractivity (Wildman–Crippen MR) is 110 cm³/mol. The zero-order valence-electron chi connectivity index (χ0n) is 16.3. The maximum absolute atomic E-state index is 13.1. The Morgan fingerprint density at radius 2 is 1.90 bits per heavy atom. The fourth-order valence-electron chi connectivity index (χ4n) is 3.07. The van der Waals surface area contributed by atoms with Gasteiger partial charge < -0.3 is 19.3 Å². The largest absolute Gasteiger partial charge is 0.416 e. The van der Waals surface area contributed by atoms with Crippen LogP contribution < -0.4 is 5.32 Å². The SMILES string of the molecule is CCOP(=O)(CCCNc1nc(Cl)nc2c1[nH]c1ccc(C(F)(F)F)cc12)OCC. The Bertz CT molecular complexity index is 1080. The maximum atomic E-state index is 13.1. The van der Waals surface area contributed by atoms with Gasteiger partial charge >= 0.3 is 13.8 Å². The van der Waals surface area contributed by atoms with E-state index in [0.717, 1.165) is 12.1 Å². The third-order valence-electron chi connectivity index (χ3n) is 4.30. The molecule has 30 heavy (non-hydrogen) atoms. The van der Waals surface area contributed by atoms with Crippen molar-refractivity contribution in [1.29, 1.82) is 0 Å². The molecule has 0 aliphatic carbocycles. The summed E-state index contributed by atoms with van der Waals surface area (Å²) in [5.41, 5.74) is 0.428. The fourth-order valence-corrected chi connectivity index (χ4v) is 4.91. The Balaban J connectivity index is 1.83. The standard InChI is InChI=1S/C18H21ClF3N4O3P/c1-3-28-30(27,29-4-2)9-5-8-23-16-15-14(25-17(19)26-16)12-10-11(18(20,21)22)6-7-13(12)24-15/h6-7,10,24H,3-5,8-9H2,1-2H3,(H,23,25,26). The number of fused-ring (bicyclic) bond motifs is 3. The molecule has 0 saturated heterocycles. The summed E-state index contributed by atoms with van der Waals surface area (Å²) >= 11 is 6.00. The van der Waals surface area contributed by atoms with E-state index in [9.17, 15) is 17.7 Å². The van der Waals surface area contributed by atoms with Gasteiger partial charge in [-0.05, 0) is 50.1 Å². The second-order valence-electron chi connectivity index (χ2n) is 6.40. The number of nitrogens with one attached hydrogen (secondary N) is 2. The second-order valence-corrected chi connectivity index (χ2v) is 8.92. The van der Waals surface area contributed by atoms with E-state index in [2.05, 4.69) is 20.3 Å². The van der Waals surface area contributed by atoms with Crippen molar-refractivity contribution in [1.82, 2.24) is 15.0 Å². The molecule has 2 aromatic heterocycles. The van der Waals surface area contributed by atoms with E-state index in [0.29, 0.717) is 35.2 Å². The van der Waals surface area contributed by atoms with Crippen LogP contribution in [0.4, 0.5) is 19.0 Å². The second kappa shape index (κ2) is 9.09. The molecule has 0 amide bonds. The zero-order chi connectivity index (χ0) is 21.9. The first-order valence-electron chi connectivity index (χ1n) is 9.35. The molecular weight excluding hydrogens is 444 g/mol. The van der Waals surface area contributed by atoms with E-state index in [-0.39, 0.29) is 30.2 Å². The van der Waals surface area contributed by atoms with Gasteiger partial charge in [0.2, 0.25) is 5.28 Å². The molecular formula is C18H21ClF3N4O3P. The molecule has 1 aromatic carbocycles. The number of halogens is 4. The monoisotopic (exact) mass is 464 g/mol. The summed E-state index contributed by atoms with van der Waals surface area (Å²) in [4.78, 5) is 11.3. The number of aromatic nitrogens is 3. The van der Waals surface area contributed by atoms with Crippen molar-refractivity contribution in [3.63, 3.8) is 0 Å². The maximum Gasteiger partial charge on any atom is 0.416 e. The first kappa shape index (κ1) is 22.8. The molecule has 0 saturated carbocycles. The van der Waals surface area contributed by atoms with Gasteiger partial charge in [-0.15, -0.1) is 0 Å². The first-order chi connectivity index (χ1) is 14.2. The van der Waals surface area contributed by atoms with Crippen LogP contribution in [0.5, 0.6) is 0 Å². The van der Waals surface area contributed by atoms with Crippen molar-refractivity contribution < 1.29 is 26.8 Å². The van der Waals surface area contributed by atoms with Crippen LogP contribution in [-0.4, -0.2) is 40.9 Å². The molecule has 0 aliphatic heterocycles. The van der Waals surface area contributed by atoms with Crippen LogP contribution >= 0.6 is 19.2 Å². The van der Waals surface area contributed by atoms with Crippen LogP contribution in [0.15, 0.2) is 18.2 Å². The quantitative estimate of drug-likeness (QED) is 0.234. The molecule has 0 spiro atoms. The first-order valence-corrected chi connectivity index (χ1v) is 11.5. The predicted octanol–water partition coefficient (Wildman–Crippen LogP) is 5.85. The minimum atomic E-state index is -4.47. The summed E-state index contributed by atoms with van der Waals surface area (Å²) in [5, 5.41) is 3.27. The van der Waals surface area contributed by atoms with Gasteiger partial charge in [0, 0.05) is 17.4 Å². The molecule has 0 bridgehead atoms. The van der Waals surface area contributed by atoms with Crippen LogP contribution in [0, 0.1) is 0 Å². The Kier molecular flexibility index (Phi) is 6.91. The van der Waals surface area contributed by atoms with E-state index in [1.807, 2.05) is 0 Å². The highest BCUT2D eigenvalue weighted by atomic mass is 35.5. The summed E-state index contributed by atoms with van der Waals surface area (Å²) in [6.45, 7) is 4.41. The molecule has 0 atom stereocenters. The molecule has 0 radical (unpaired) electrons. The average Bonchev–Trinajstić information content (AvgIpc) is 3.03. The Morgan fingerprint density at radius 3 is 2.53 bits per heavy atom. The van der Waals surface area contributed by atoms with Gasteiger partial charge in [0.15, 0.2) is 5.82 Å². The Morgan fingerprint density at radius 1 is 1.20 bits per heavy atom. The van der Waals surface area contributed by atoms with Gasteiger partial charge in [-0.3, -0.25) is 4.57 Å². The van der Waals surface area contributed by atoms with E-state index >= 15 is 0 Å². The Labute approximate surface area is 175 Å². The smallest absolute Gasteiger partial charge is 0.368 e. The molecule has 0 unspecified atom stereocenters. The average molecular weight is 465 g/mol. The summed E-state index contributed by atoms with van der Waals surface area (Å²) in [6.07, 6.45) is -3.80. The minimum absolute atomic E-state index is 0.0994. The normalized spacial score (nSPS) is 12.7. The van der Waals surface area contributed by atoms with Crippen LogP contribution in [0.2, 0.25) is 5.28 Å². The van der Waals surface area contributed by atoms with Gasteiger partial charge in [-0.2, -0.15) is 18.2 Å². The molecule has 2 N–H and O–H groups in total. The molecule has 2 heterocycles. The Hall–Kier alpha value is -1.87. The van der Waals surface area contributed by atoms with Crippen LogP contribution in [0.3, 0.4) is 0 Å². The van der Waals surface area contributed by atoms with Crippen molar-refractivity contribution in [2.24, 2.45) is 0 Å². The van der Waals surface area contributed by atoms with E-state index in [4.69, 9.17) is 20.6 Å². The van der Waals surface area contributed by atoms with Gasteiger partial charge in [-0.1, -0.05) is 0 Å². The molecule has 0 aliphatic rings. The van der Waals surface area contributed by atoms with Crippen LogP contribution in [0.1, 0.15) is 25.8 Å². The van der Waals surface area contributed by atoms with Gasteiger partial charge in [0.1, 0.15) is 11.0 Å². The summed E-state index contributed by atoms with van der Waals surface area (Å²) in [5.74, 6) is 0.345. The fraction of sp³-hybridized carbons (Fsp3) is 0.444. The number of hydrogen-bond acceptors (Lipinski definition) is 6. The van der Waals surface area contributed by atoms with Gasteiger partial charge in [-0.25, -0.2) is 4.98 Å². The van der Waals surface area contributed by atoms with Crippen molar-refractivity contribution >= 4 is 47.0 Å². The van der Waals surface area contributed by atoms with Crippen molar-refractivity contribution in [3.8, 4) is 0 Å². The molecule has 3 rings (SSSR count). The van der Waals surface area contributed by atoms with E-state index < -0.39 is 19.3 Å². The van der Waals surface area contributed by atoms with Gasteiger partial charge in [0.05, 0.1) is 24.9 Å². The highest BCUT2D eigenvalue weighted by Gasteiger charge is 2.31. The molecule has 0 fully saturated rings. The third kappa shape index (κ3) is 5.06. The van der Waals surface area contributed by atoms with Crippen molar-refractivity contribution in [2.75, 3.05) is 31.2 Å². The lowest BCUT2D eigenvalue weighted by atomic mass is 10.1.